The van der Waals surface area contributed by atoms with Crippen molar-refractivity contribution in [1.82, 2.24) is 19.7 Å². The number of carbonyl (C=O) groups excluding carboxylic acids is 2. The summed E-state index contributed by atoms with van der Waals surface area (Å²) in [6, 6.07) is 9.47. The van der Waals surface area contributed by atoms with Crippen LogP contribution in [0.15, 0.2) is 67.3 Å². The maximum absolute atomic E-state index is 13.1. The van der Waals surface area contributed by atoms with Crippen molar-refractivity contribution in [3.63, 3.8) is 0 Å². The highest BCUT2D eigenvalue weighted by molar-refractivity contribution is 6.31. The number of nitrogens with two attached hydrogens (primary N) is 1. The SMILES string of the molecule is CC(C(N)=O)n1cc(-c2cc(Oc3cccc(NC(=O)Nc4ccc(Cl)c(C(F)(F)F)c4)c3)ncn2)cn1. The molecule has 0 aliphatic carbocycles. The van der Waals surface area contributed by atoms with Gasteiger partial charge in [-0.2, -0.15) is 18.3 Å². The van der Waals surface area contributed by atoms with E-state index in [0.29, 0.717) is 22.7 Å². The van der Waals surface area contributed by atoms with E-state index in [2.05, 4.69) is 25.7 Å². The standard InChI is InChI=1S/C24H19ClF3N7O3/c1-13(22(29)36)35-11-14(10-32-35)20-9-21(31-12-30-20)38-17-4-2-3-15(7-17)33-23(37)34-16-5-6-19(25)18(8-16)24(26,27)28/h2-13H,1H3,(H2,29,36)(H2,33,34,37). The molecule has 0 bridgehead atoms. The number of primary amides is 1. The molecule has 196 valence electrons. The fourth-order valence-electron chi connectivity index (χ4n) is 3.24. The van der Waals surface area contributed by atoms with E-state index in [0.717, 1.165) is 12.1 Å². The molecule has 4 rings (SSSR count). The highest BCUT2D eigenvalue weighted by Crippen LogP contribution is 2.36. The van der Waals surface area contributed by atoms with Gasteiger partial charge < -0.3 is 21.1 Å². The summed E-state index contributed by atoms with van der Waals surface area (Å²) in [6.07, 6.45) is -0.243. The van der Waals surface area contributed by atoms with Gasteiger partial charge in [0.2, 0.25) is 11.8 Å². The van der Waals surface area contributed by atoms with E-state index in [1.54, 1.807) is 37.4 Å². The van der Waals surface area contributed by atoms with Crippen molar-refractivity contribution >= 4 is 34.9 Å². The summed E-state index contributed by atoms with van der Waals surface area (Å²) in [6.45, 7) is 1.62. The van der Waals surface area contributed by atoms with E-state index in [4.69, 9.17) is 22.1 Å². The minimum Gasteiger partial charge on any atom is -0.439 e. The molecule has 2 aromatic carbocycles. The van der Waals surface area contributed by atoms with Crippen molar-refractivity contribution < 1.29 is 27.5 Å². The van der Waals surface area contributed by atoms with Crippen molar-refractivity contribution in [2.24, 2.45) is 5.73 Å². The van der Waals surface area contributed by atoms with Gasteiger partial charge in [0.1, 0.15) is 18.1 Å². The number of aromatic nitrogens is 4. The van der Waals surface area contributed by atoms with Gasteiger partial charge in [-0.15, -0.1) is 0 Å². The van der Waals surface area contributed by atoms with E-state index < -0.39 is 34.7 Å². The van der Waals surface area contributed by atoms with Gasteiger partial charge in [-0.05, 0) is 37.3 Å². The molecule has 38 heavy (non-hydrogen) atoms. The zero-order chi connectivity index (χ0) is 27.4. The van der Waals surface area contributed by atoms with Crippen LogP contribution in [0.3, 0.4) is 0 Å². The third-order valence-corrected chi connectivity index (χ3v) is 5.52. The van der Waals surface area contributed by atoms with Gasteiger partial charge in [-0.3, -0.25) is 9.48 Å². The Morgan fingerprint density at radius 2 is 1.82 bits per heavy atom. The zero-order valence-corrected chi connectivity index (χ0v) is 20.3. The van der Waals surface area contributed by atoms with Gasteiger partial charge in [-0.1, -0.05) is 17.7 Å². The minimum atomic E-state index is -4.67. The lowest BCUT2D eigenvalue weighted by Crippen LogP contribution is -2.24. The molecule has 1 atom stereocenters. The average molecular weight is 546 g/mol. The summed E-state index contributed by atoms with van der Waals surface area (Å²) in [4.78, 5) is 32.0. The number of hydrogen-bond acceptors (Lipinski definition) is 6. The number of carbonyl (C=O) groups is 2. The first-order valence-corrected chi connectivity index (χ1v) is 11.3. The third kappa shape index (κ3) is 6.37. The van der Waals surface area contributed by atoms with Crippen molar-refractivity contribution in [2.75, 3.05) is 10.6 Å². The highest BCUT2D eigenvalue weighted by Gasteiger charge is 2.33. The van der Waals surface area contributed by atoms with E-state index in [9.17, 15) is 22.8 Å². The van der Waals surface area contributed by atoms with Gasteiger partial charge in [-0.25, -0.2) is 14.8 Å². The Hall–Kier alpha value is -4.65. The molecule has 0 aliphatic rings. The fourth-order valence-corrected chi connectivity index (χ4v) is 3.46. The number of amides is 3. The van der Waals surface area contributed by atoms with E-state index >= 15 is 0 Å². The lowest BCUT2D eigenvalue weighted by Gasteiger charge is -2.13. The van der Waals surface area contributed by atoms with Crippen LogP contribution in [-0.4, -0.2) is 31.7 Å². The smallest absolute Gasteiger partial charge is 0.417 e. The number of nitrogens with zero attached hydrogens (tertiary/aromatic N) is 4. The molecule has 0 saturated heterocycles. The topological polar surface area (TPSA) is 137 Å². The van der Waals surface area contributed by atoms with Crippen molar-refractivity contribution in [1.29, 1.82) is 0 Å². The van der Waals surface area contributed by atoms with Crippen LogP contribution in [0.2, 0.25) is 5.02 Å². The van der Waals surface area contributed by atoms with Crippen LogP contribution in [0.5, 0.6) is 11.6 Å². The highest BCUT2D eigenvalue weighted by atomic mass is 35.5. The first-order chi connectivity index (χ1) is 18.0. The van der Waals surface area contributed by atoms with Crippen LogP contribution < -0.4 is 21.1 Å². The van der Waals surface area contributed by atoms with E-state index in [1.165, 1.54) is 29.3 Å². The largest absolute Gasteiger partial charge is 0.439 e. The number of urea groups is 1. The summed E-state index contributed by atoms with van der Waals surface area (Å²) >= 11 is 5.61. The van der Waals surface area contributed by atoms with Crippen molar-refractivity contribution in [3.05, 3.63) is 77.8 Å². The normalized spacial score (nSPS) is 12.0. The predicted octanol–water partition coefficient (Wildman–Crippen LogP) is 5.49. The summed E-state index contributed by atoms with van der Waals surface area (Å²) in [5, 5.41) is 8.51. The molecule has 14 heteroatoms. The summed E-state index contributed by atoms with van der Waals surface area (Å²) in [7, 11) is 0. The number of anilines is 2. The van der Waals surface area contributed by atoms with Crippen LogP contribution in [-0.2, 0) is 11.0 Å². The van der Waals surface area contributed by atoms with E-state index in [-0.39, 0.29) is 11.6 Å². The van der Waals surface area contributed by atoms with Gasteiger partial charge in [0.25, 0.3) is 0 Å². The van der Waals surface area contributed by atoms with Gasteiger partial charge in [0.15, 0.2) is 0 Å². The number of benzene rings is 2. The van der Waals surface area contributed by atoms with Crippen LogP contribution >= 0.6 is 11.6 Å². The van der Waals surface area contributed by atoms with Crippen LogP contribution in [0.1, 0.15) is 18.5 Å². The Kier molecular flexibility index (Phi) is 7.48. The average Bonchev–Trinajstić information content (AvgIpc) is 3.35. The van der Waals surface area contributed by atoms with Crippen LogP contribution in [0.4, 0.5) is 29.3 Å². The summed E-state index contributed by atoms with van der Waals surface area (Å²) in [5.41, 5.74) is 5.55. The summed E-state index contributed by atoms with van der Waals surface area (Å²) < 4.78 is 46.4. The first-order valence-electron chi connectivity index (χ1n) is 10.9. The molecule has 0 fully saturated rings. The molecule has 0 radical (unpaired) electrons. The molecule has 0 saturated carbocycles. The molecule has 0 spiro atoms. The molecule has 3 amide bonds. The Bertz CT molecular complexity index is 1490. The number of nitrogens with one attached hydrogen (secondary N) is 2. The molecule has 4 N–H and O–H groups in total. The quantitative estimate of drug-likeness (QED) is 0.281. The Morgan fingerprint density at radius 1 is 1.08 bits per heavy atom. The third-order valence-electron chi connectivity index (χ3n) is 5.19. The Morgan fingerprint density at radius 3 is 2.53 bits per heavy atom. The second-order valence-corrected chi connectivity index (χ2v) is 8.34. The summed E-state index contributed by atoms with van der Waals surface area (Å²) in [5.74, 6) is -0.0303. The number of rotatable bonds is 7. The number of alkyl halides is 3. The molecular formula is C24H19ClF3N7O3. The lowest BCUT2D eigenvalue weighted by atomic mass is 10.2. The van der Waals surface area contributed by atoms with E-state index in [1.807, 2.05) is 0 Å². The predicted molar refractivity (Wildman–Crippen MR) is 133 cm³/mol. The lowest BCUT2D eigenvalue weighted by molar-refractivity contribution is -0.137. The number of hydrogen-bond donors (Lipinski definition) is 3. The zero-order valence-electron chi connectivity index (χ0n) is 19.5. The number of ether oxygens (including phenoxy) is 1. The number of halogens is 4. The second-order valence-electron chi connectivity index (χ2n) is 7.93. The van der Waals surface area contributed by atoms with Gasteiger partial charge >= 0.3 is 12.2 Å². The van der Waals surface area contributed by atoms with Gasteiger partial charge in [0.05, 0.1) is 22.5 Å². The van der Waals surface area contributed by atoms with Crippen LogP contribution in [0, 0.1) is 0 Å². The van der Waals surface area contributed by atoms with Crippen molar-refractivity contribution in [2.45, 2.75) is 19.1 Å². The molecular weight excluding hydrogens is 527 g/mol. The molecule has 2 heterocycles. The Balaban J connectivity index is 1.44. The van der Waals surface area contributed by atoms with Gasteiger partial charge in [0, 0.05) is 35.3 Å². The maximum Gasteiger partial charge on any atom is 0.417 e. The monoisotopic (exact) mass is 545 g/mol. The molecule has 4 aromatic rings. The van der Waals surface area contributed by atoms with Crippen LogP contribution in [0.25, 0.3) is 11.3 Å². The first kappa shape index (κ1) is 26.4. The Labute approximate surface area is 218 Å². The minimum absolute atomic E-state index is 0.0892. The molecule has 2 aromatic heterocycles. The van der Waals surface area contributed by atoms with Crippen molar-refractivity contribution in [3.8, 4) is 22.9 Å². The maximum atomic E-state index is 13.1. The molecule has 10 nitrogen and oxygen atoms in total. The second kappa shape index (κ2) is 10.8. The molecule has 0 aliphatic heterocycles. The fraction of sp³-hybridized carbons (Fsp3) is 0.125. The molecule has 1 unspecified atom stereocenters.